The Balaban J connectivity index is 1.49. The van der Waals surface area contributed by atoms with Gasteiger partial charge in [0.2, 0.25) is 0 Å². The minimum atomic E-state index is -0.217. The number of hydrogen-bond acceptors (Lipinski definition) is 5. The van der Waals surface area contributed by atoms with Crippen molar-refractivity contribution in [1.82, 2.24) is 19.9 Å². The largest absolute Gasteiger partial charge is 0.368 e. The van der Waals surface area contributed by atoms with Crippen LogP contribution in [0.1, 0.15) is 5.82 Å². The number of thiophene rings is 1. The van der Waals surface area contributed by atoms with Crippen molar-refractivity contribution in [3.05, 3.63) is 53.9 Å². The molecule has 7 nitrogen and oxygen atoms in total. The fraction of sp³-hybridized carbons (Fsp3) is 0.188. The summed E-state index contributed by atoms with van der Waals surface area (Å²) in [6.07, 6.45) is 3.87. The third-order valence-corrected chi connectivity index (χ3v) is 3.95. The summed E-state index contributed by atoms with van der Waals surface area (Å²) in [5.74, 6) is 2.22. The summed E-state index contributed by atoms with van der Waals surface area (Å²) < 4.78 is 1.92. The standard InChI is InChI=1S/C16H18N6OS/c1-12-19-13(11-14(20-12)22-8-2-3-9-22)17-6-7-18-16(23)21-15-5-4-10-24-15/h2-5,8-11H,6-7H2,1H3,(H,17,19,20)(H2,18,21,23). The number of rotatable bonds is 6. The molecular formula is C16H18N6OS. The van der Waals surface area contributed by atoms with Gasteiger partial charge in [0.25, 0.3) is 0 Å². The van der Waals surface area contributed by atoms with Crippen LogP contribution in [0.3, 0.4) is 0 Å². The van der Waals surface area contributed by atoms with E-state index in [9.17, 15) is 4.79 Å². The number of anilines is 2. The van der Waals surface area contributed by atoms with Crippen molar-refractivity contribution in [1.29, 1.82) is 0 Å². The molecule has 0 aliphatic rings. The zero-order valence-corrected chi connectivity index (χ0v) is 14.0. The van der Waals surface area contributed by atoms with Crippen molar-refractivity contribution in [2.75, 3.05) is 23.7 Å². The van der Waals surface area contributed by atoms with E-state index in [1.165, 1.54) is 11.3 Å². The van der Waals surface area contributed by atoms with Gasteiger partial charge in [-0.3, -0.25) is 5.32 Å². The van der Waals surface area contributed by atoms with Gasteiger partial charge in [0.05, 0.1) is 5.00 Å². The Morgan fingerprint density at radius 1 is 1.21 bits per heavy atom. The molecule has 0 saturated carbocycles. The average molecular weight is 342 g/mol. The van der Waals surface area contributed by atoms with Gasteiger partial charge in [-0.05, 0) is 36.6 Å². The van der Waals surface area contributed by atoms with Crippen molar-refractivity contribution in [2.45, 2.75) is 6.92 Å². The van der Waals surface area contributed by atoms with Gasteiger partial charge < -0.3 is 15.2 Å². The number of nitrogens with one attached hydrogen (secondary N) is 3. The van der Waals surface area contributed by atoms with Gasteiger partial charge in [0, 0.05) is 31.5 Å². The average Bonchev–Trinajstić information content (AvgIpc) is 3.24. The summed E-state index contributed by atoms with van der Waals surface area (Å²) in [6, 6.07) is 9.29. The number of aromatic nitrogens is 3. The molecule has 0 unspecified atom stereocenters. The quantitative estimate of drug-likeness (QED) is 0.602. The molecule has 2 amide bonds. The van der Waals surface area contributed by atoms with E-state index in [1.807, 2.05) is 59.6 Å². The molecule has 0 spiro atoms. The Kier molecular flexibility index (Phi) is 5.07. The number of aryl methyl sites for hydroxylation is 1. The summed E-state index contributed by atoms with van der Waals surface area (Å²) in [7, 11) is 0. The second kappa shape index (κ2) is 7.60. The molecule has 8 heteroatoms. The fourth-order valence-corrected chi connectivity index (χ4v) is 2.75. The van der Waals surface area contributed by atoms with Crippen LogP contribution in [0.25, 0.3) is 5.82 Å². The van der Waals surface area contributed by atoms with Crippen LogP contribution in [0.2, 0.25) is 0 Å². The number of urea groups is 1. The number of carbonyl (C=O) groups is 1. The second-order valence-electron chi connectivity index (χ2n) is 5.03. The number of carbonyl (C=O) groups excluding carboxylic acids is 1. The van der Waals surface area contributed by atoms with E-state index in [4.69, 9.17) is 0 Å². The fourth-order valence-electron chi connectivity index (χ4n) is 2.13. The first-order chi connectivity index (χ1) is 11.7. The first-order valence-electron chi connectivity index (χ1n) is 7.52. The molecule has 3 rings (SSSR count). The zero-order valence-electron chi connectivity index (χ0n) is 13.2. The molecule has 0 bridgehead atoms. The maximum atomic E-state index is 11.7. The Bertz CT molecular complexity index is 785. The van der Waals surface area contributed by atoms with Gasteiger partial charge in [0.15, 0.2) is 0 Å². The second-order valence-corrected chi connectivity index (χ2v) is 5.98. The molecule has 0 aliphatic carbocycles. The highest BCUT2D eigenvalue weighted by atomic mass is 32.1. The molecule has 124 valence electrons. The number of nitrogens with zero attached hydrogens (tertiary/aromatic N) is 3. The summed E-state index contributed by atoms with van der Waals surface area (Å²) in [5.41, 5.74) is 0. The van der Waals surface area contributed by atoms with Crippen LogP contribution in [0.5, 0.6) is 0 Å². The van der Waals surface area contributed by atoms with E-state index in [2.05, 4.69) is 25.9 Å². The molecular weight excluding hydrogens is 324 g/mol. The van der Waals surface area contributed by atoms with Gasteiger partial charge in [-0.15, -0.1) is 11.3 Å². The summed E-state index contributed by atoms with van der Waals surface area (Å²) in [6.45, 7) is 2.91. The topological polar surface area (TPSA) is 83.9 Å². The van der Waals surface area contributed by atoms with Crippen LogP contribution in [0.4, 0.5) is 15.6 Å². The van der Waals surface area contributed by atoms with Crippen molar-refractivity contribution in [3.8, 4) is 5.82 Å². The third-order valence-electron chi connectivity index (χ3n) is 3.17. The van der Waals surface area contributed by atoms with E-state index < -0.39 is 0 Å². The predicted octanol–water partition coefficient (Wildman–Crippen LogP) is 2.87. The molecule has 0 aliphatic heterocycles. The molecule has 24 heavy (non-hydrogen) atoms. The monoisotopic (exact) mass is 342 g/mol. The van der Waals surface area contributed by atoms with Crippen LogP contribution < -0.4 is 16.0 Å². The normalized spacial score (nSPS) is 10.4. The van der Waals surface area contributed by atoms with Crippen LogP contribution in [-0.2, 0) is 0 Å². The molecule has 0 radical (unpaired) electrons. The minimum absolute atomic E-state index is 0.217. The van der Waals surface area contributed by atoms with Crippen molar-refractivity contribution in [3.63, 3.8) is 0 Å². The molecule has 3 aromatic heterocycles. The summed E-state index contributed by atoms with van der Waals surface area (Å²) >= 11 is 1.48. The minimum Gasteiger partial charge on any atom is -0.368 e. The van der Waals surface area contributed by atoms with E-state index in [0.717, 1.165) is 16.6 Å². The highest BCUT2D eigenvalue weighted by Gasteiger charge is 2.04. The smallest absolute Gasteiger partial charge is 0.319 e. The maximum absolute atomic E-state index is 11.7. The Hall–Kier alpha value is -2.87. The van der Waals surface area contributed by atoms with Crippen molar-refractivity contribution < 1.29 is 4.79 Å². The zero-order chi connectivity index (χ0) is 16.8. The number of amides is 2. The molecule has 3 N–H and O–H groups in total. The lowest BCUT2D eigenvalue weighted by molar-refractivity contribution is 0.252. The third kappa shape index (κ3) is 4.32. The summed E-state index contributed by atoms with van der Waals surface area (Å²) in [5, 5.41) is 11.5. The van der Waals surface area contributed by atoms with Crippen LogP contribution >= 0.6 is 11.3 Å². The molecule has 3 aromatic rings. The molecule has 0 aromatic carbocycles. The van der Waals surface area contributed by atoms with Gasteiger partial charge in [-0.25, -0.2) is 14.8 Å². The maximum Gasteiger partial charge on any atom is 0.319 e. The predicted molar refractivity (Wildman–Crippen MR) is 95.9 cm³/mol. The van der Waals surface area contributed by atoms with E-state index >= 15 is 0 Å². The first kappa shape index (κ1) is 16.0. The molecule has 0 saturated heterocycles. The van der Waals surface area contributed by atoms with Gasteiger partial charge >= 0.3 is 6.03 Å². The van der Waals surface area contributed by atoms with Gasteiger partial charge in [-0.2, -0.15) is 0 Å². The van der Waals surface area contributed by atoms with Crippen molar-refractivity contribution in [2.24, 2.45) is 0 Å². The van der Waals surface area contributed by atoms with E-state index in [-0.39, 0.29) is 6.03 Å². The van der Waals surface area contributed by atoms with E-state index in [1.54, 1.807) is 0 Å². The molecule has 0 fully saturated rings. The molecule has 3 heterocycles. The van der Waals surface area contributed by atoms with Gasteiger partial charge in [0.1, 0.15) is 17.5 Å². The lowest BCUT2D eigenvalue weighted by Gasteiger charge is -2.10. The Morgan fingerprint density at radius 2 is 2.04 bits per heavy atom. The Labute approximate surface area is 143 Å². The highest BCUT2D eigenvalue weighted by Crippen LogP contribution is 2.14. The lowest BCUT2D eigenvalue weighted by Crippen LogP contribution is -2.32. The summed E-state index contributed by atoms with van der Waals surface area (Å²) in [4.78, 5) is 20.5. The van der Waals surface area contributed by atoms with Gasteiger partial charge in [-0.1, -0.05) is 0 Å². The number of hydrogen-bond donors (Lipinski definition) is 3. The first-order valence-corrected chi connectivity index (χ1v) is 8.40. The SMILES string of the molecule is Cc1nc(NCCNC(=O)Nc2cccs2)cc(-n2cccc2)n1. The Morgan fingerprint density at radius 3 is 2.79 bits per heavy atom. The van der Waals surface area contributed by atoms with Crippen LogP contribution in [0, 0.1) is 6.92 Å². The highest BCUT2D eigenvalue weighted by molar-refractivity contribution is 7.14. The molecule has 0 atom stereocenters. The van der Waals surface area contributed by atoms with Crippen LogP contribution in [-0.4, -0.2) is 33.7 Å². The van der Waals surface area contributed by atoms with Crippen molar-refractivity contribution >= 4 is 28.2 Å². The lowest BCUT2D eigenvalue weighted by atomic mass is 10.4. The van der Waals surface area contributed by atoms with E-state index in [0.29, 0.717) is 18.9 Å². The van der Waals surface area contributed by atoms with Crippen LogP contribution in [0.15, 0.2) is 48.1 Å².